The minimum absolute atomic E-state index is 0. The number of rotatable bonds is 4. The maximum atomic E-state index is 12.5. The van der Waals surface area contributed by atoms with Crippen molar-refractivity contribution in [2.24, 2.45) is 0 Å². The van der Waals surface area contributed by atoms with Crippen LogP contribution in [0.4, 0.5) is 0 Å². The van der Waals surface area contributed by atoms with Crippen molar-refractivity contribution in [3.05, 3.63) is 28.8 Å². The smallest absolute Gasteiger partial charge is 0.244 e. The molecule has 0 spiro atoms. The van der Waals surface area contributed by atoms with Gasteiger partial charge in [-0.25, -0.2) is 8.42 Å². The number of likely N-dealkylation sites (N-methyl/N-ethyl adjacent to an activating group) is 1. The number of amides is 1. The van der Waals surface area contributed by atoms with E-state index in [0.29, 0.717) is 26.2 Å². The Morgan fingerprint density at radius 3 is 2.58 bits per heavy atom. The number of hydrogen-bond donors (Lipinski definition) is 1. The monoisotopic (exact) mass is 392 g/mol. The maximum absolute atomic E-state index is 12.5. The Morgan fingerprint density at radius 1 is 1.42 bits per heavy atom. The summed E-state index contributed by atoms with van der Waals surface area (Å²) in [6.45, 7) is 2.26. The van der Waals surface area contributed by atoms with Gasteiger partial charge in [-0.05, 0) is 18.2 Å². The van der Waals surface area contributed by atoms with E-state index in [1.54, 1.807) is 4.90 Å². The molecule has 1 heterocycles. The number of piperazine rings is 1. The van der Waals surface area contributed by atoms with Crippen molar-refractivity contribution in [3.8, 4) is 6.07 Å². The zero-order chi connectivity index (χ0) is 17.0. The largest absolute Gasteiger partial charge is 0.339 e. The molecule has 0 radical (unpaired) electrons. The third kappa shape index (κ3) is 4.59. The summed E-state index contributed by atoms with van der Waals surface area (Å²) in [5.74, 6) is -0.248. The van der Waals surface area contributed by atoms with Crippen LogP contribution in [0, 0.1) is 11.3 Å². The minimum atomic E-state index is -3.90. The van der Waals surface area contributed by atoms with Crippen LogP contribution in [0.5, 0.6) is 0 Å². The first-order valence-corrected chi connectivity index (χ1v) is 8.82. The lowest BCUT2D eigenvalue weighted by Crippen LogP contribution is -2.49. The molecule has 24 heavy (non-hydrogen) atoms. The van der Waals surface area contributed by atoms with E-state index in [-0.39, 0.29) is 40.3 Å². The van der Waals surface area contributed by atoms with Gasteiger partial charge in [0.05, 0.1) is 23.2 Å². The fourth-order valence-electron chi connectivity index (χ4n) is 2.24. The SMILES string of the molecule is CN(CC(=O)N1CCNCC1)S(=O)(=O)c1ccc(C#N)cc1Cl.Cl. The second-order valence-corrected chi connectivity index (χ2v) is 7.57. The second kappa shape index (κ2) is 8.65. The predicted molar refractivity (Wildman–Crippen MR) is 92.7 cm³/mol. The van der Waals surface area contributed by atoms with E-state index in [4.69, 9.17) is 16.9 Å². The van der Waals surface area contributed by atoms with Gasteiger partial charge in [-0.3, -0.25) is 4.79 Å². The molecule has 1 saturated heterocycles. The van der Waals surface area contributed by atoms with Gasteiger partial charge in [0.1, 0.15) is 4.90 Å². The standard InChI is InChI=1S/C14H17ClN4O3S.ClH/c1-18(10-14(20)19-6-4-17-5-7-19)23(21,22)13-3-2-11(9-16)8-12(13)15;/h2-3,8,17H,4-7,10H2,1H3;1H. The molecule has 1 aromatic carbocycles. The van der Waals surface area contributed by atoms with Gasteiger partial charge in [-0.15, -0.1) is 12.4 Å². The fourth-order valence-corrected chi connectivity index (χ4v) is 3.87. The zero-order valence-electron chi connectivity index (χ0n) is 13.0. The minimum Gasteiger partial charge on any atom is -0.339 e. The number of hydrogen-bond acceptors (Lipinski definition) is 5. The van der Waals surface area contributed by atoms with E-state index in [1.807, 2.05) is 6.07 Å². The van der Waals surface area contributed by atoms with Gasteiger partial charge in [0.15, 0.2) is 0 Å². The lowest BCUT2D eigenvalue weighted by molar-refractivity contribution is -0.131. The van der Waals surface area contributed by atoms with Crippen molar-refractivity contribution in [2.45, 2.75) is 4.90 Å². The Labute approximate surface area is 152 Å². The molecule has 0 unspecified atom stereocenters. The van der Waals surface area contributed by atoms with Crippen molar-refractivity contribution < 1.29 is 13.2 Å². The van der Waals surface area contributed by atoms with Gasteiger partial charge in [0.25, 0.3) is 0 Å². The van der Waals surface area contributed by atoms with Gasteiger partial charge in [0.2, 0.25) is 15.9 Å². The Hall–Kier alpha value is -1.37. The van der Waals surface area contributed by atoms with Crippen LogP contribution in [0.15, 0.2) is 23.1 Å². The summed E-state index contributed by atoms with van der Waals surface area (Å²) in [6, 6.07) is 5.84. The molecular weight excluding hydrogens is 375 g/mol. The van der Waals surface area contributed by atoms with Crippen LogP contribution in [0.3, 0.4) is 0 Å². The highest BCUT2D eigenvalue weighted by atomic mass is 35.5. The van der Waals surface area contributed by atoms with E-state index in [2.05, 4.69) is 5.32 Å². The van der Waals surface area contributed by atoms with E-state index in [0.717, 1.165) is 4.31 Å². The van der Waals surface area contributed by atoms with E-state index < -0.39 is 10.0 Å². The van der Waals surface area contributed by atoms with Crippen LogP contribution in [-0.2, 0) is 14.8 Å². The first-order valence-electron chi connectivity index (χ1n) is 7.00. The Balaban J connectivity index is 0.00000288. The average Bonchev–Trinajstić information content (AvgIpc) is 2.55. The molecule has 1 aliphatic heterocycles. The molecule has 1 aliphatic rings. The van der Waals surface area contributed by atoms with Crippen molar-refractivity contribution in [1.82, 2.24) is 14.5 Å². The van der Waals surface area contributed by atoms with Gasteiger partial charge in [-0.1, -0.05) is 11.6 Å². The normalized spacial score (nSPS) is 14.8. The molecule has 1 N–H and O–H groups in total. The highest BCUT2D eigenvalue weighted by Gasteiger charge is 2.27. The van der Waals surface area contributed by atoms with Crippen LogP contribution in [-0.4, -0.2) is 63.3 Å². The highest BCUT2D eigenvalue weighted by molar-refractivity contribution is 7.89. The molecule has 0 bridgehead atoms. The van der Waals surface area contributed by atoms with Crippen molar-refractivity contribution >= 4 is 39.9 Å². The Morgan fingerprint density at radius 2 is 2.04 bits per heavy atom. The van der Waals surface area contributed by atoms with Gasteiger partial charge < -0.3 is 10.2 Å². The number of carbonyl (C=O) groups is 1. The molecule has 1 amide bonds. The summed E-state index contributed by atoms with van der Waals surface area (Å²) < 4.78 is 26.1. The molecule has 0 aromatic heterocycles. The second-order valence-electron chi connectivity index (χ2n) is 5.15. The van der Waals surface area contributed by atoms with Crippen molar-refractivity contribution in [1.29, 1.82) is 5.26 Å². The number of benzene rings is 1. The third-order valence-electron chi connectivity index (χ3n) is 3.58. The zero-order valence-corrected chi connectivity index (χ0v) is 15.4. The van der Waals surface area contributed by atoms with E-state index in [9.17, 15) is 13.2 Å². The van der Waals surface area contributed by atoms with Crippen LogP contribution < -0.4 is 5.32 Å². The predicted octanol–water partition coefficient (Wildman–Crippen LogP) is 0.686. The molecule has 1 aromatic rings. The Bertz CT molecular complexity index is 743. The lowest BCUT2D eigenvalue weighted by Gasteiger charge is -2.29. The highest BCUT2D eigenvalue weighted by Crippen LogP contribution is 2.25. The number of nitrogens with one attached hydrogen (secondary N) is 1. The molecule has 10 heteroatoms. The van der Waals surface area contributed by atoms with Gasteiger partial charge in [-0.2, -0.15) is 9.57 Å². The number of sulfonamides is 1. The van der Waals surface area contributed by atoms with E-state index in [1.165, 1.54) is 25.2 Å². The topological polar surface area (TPSA) is 93.5 Å². The molecule has 1 fully saturated rings. The molecule has 132 valence electrons. The van der Waals surface area contributed by atoms with Crippen LogP contribution in [0.1, 0.15) is 5.56 Å². The summed E-state index contributed by atoms with van der Waals surface area (Å²) in [5.41, 5.74) is 0.272. The average molecular weight is 393 g/mol. The Kier molecular flexibility index (Phi) is 7.45. The molecule has 7 nitrogen and oxygen atoms in total. The van der Waals surface area contributed by atoms with Crippen molar-refractivity contribution in [3.63, 3.8) is 0 Å². The number of halogens is 2. The fraction of sp³-hybridized carbons (Fsp3) is 0.429. The molecule has 0 atom stereocenters. The third-order valence-corrected chi connectivity index (χ3v) is 5.86. The summed E-state index contributed by atoms with van der Waals surface area (Å²) >= 11 is 5.96. The van der Waals surface area contributed by atoms with E-state index >= 15 is 0 Å². The van der Waals surface area contributed by atoms with Crippen LogP contribution in [0.2, 0.25) is 5.02 Å². The van der Waals surface area contributed by atoms with Crippen LogP contribution in [0.25, 0.3) is 0 Å². The summed E-state index contributed by atoms with van der Waals surface area (Å²) in [7, 11) is -2.56. The molecule has 0 aliphatic carbocycles. The quantitative estimate of drug-likeness (QED) is 0.812. The summed E-state index contributed by atoms with van der Waals surface area (Å²) in [5, 5.41) is 11.9. The number of nitrogens with zero attached hydrogens (tertiary/aromatic N) is 3. The molecule has 0 saturated carbocycles. The summed E-state index contributed by atoms with van der Waals surface area (Å²) in [6.07, 6.45) is 0. The first kappa shape index (κ1) is 20.7. The lowest BCUT2D eigenvalue weighted by atomic mass is 10.2. The van der Waals surface area contributed by atoms with Gasteiger partial charge >= 0.3 is 0 Å². The number of nitriles is 1. The molecule has 2 rings (SSSR count). The summed E-state index contributed by atoms with van der Waals surface area (Å²) in [4.78, 5) is 13.7. The van der Waals surface area contributed by atoms with Crippen molar-refractivity contribution in [2.75, 3.05) is 39.8 Å². The van der Waals surface area contributed by atoms with Crippen LogP contribution >= 0.6 is 24.0 Å². The number of carbonyl (C=O) groups excluding carboxylic acids is 1. The maximum Gasteiger partial charge on any atom is 0.244 e. The van der Waals surface area contributed by atoms with Gasteiger partial charge in [0, 0.05) is 33.2 Å². The first-order chi connectivity index (χ1) is 10.9. The molecular formula is C14H18Cl2N4O3S.